The third-order valence-electron chi connectivity index (χ3n) is 3.32. The number of benzene rings is 2. The molecular weight excluding hydrogens is 321 g/mol. The summed E-state index contributed by atoms with van der Waals surface area (Å²) in [5.74, 6) is 0.0212. The van der Waals surface area contributed by atoms with Crippen molar-refractivity contribution in [3.05, 3.63) is 51.7 Å². The van der Waals surface area contributed by atoms with Crippen LogP contribution in [0.4, 0.5) is 10.3 Å². The third-order valence-corrected chi connectivity index (χ3v) is 3.92. The molecule has 3 aromatic rings. The highest BCUT2D eigenvalue weighted by molar-refractivity contribution is 9.10. The highest BCUT2D eigenvalue weighted by Crippen LogP contribution is 2.29. The molecule has 0 atom stereocenters. The topological polar surface area (TPSA) is 43.8 Å². The van der Waals surface area contributed by atoms with E-state index < -0.39 is 0 Å². The van der Waals surface area contributed by atoms with Gasteiger partial charge in [-0.05, 0) is 47.5 Å². The summed E-state index contributed by atoms with van der Waals surface area (Å²) in [4.78, 5) is 4.30. The van der Waals surface area contributed by atoms with E-state index in [2.05, 4.69) is 27.0 Å². The molecule has 2 aromatic carbocycles. The van der Waals surface area contributed by atoms with E-state index in [0.29, 0.717) is 21.5 Å². The second-order valence-electron chi connectivity index (χ2n) is 4.85. The number of rotatable bonds is 1. The molecule has 0 saturated carbocycles. The van der Waals surface area contributed by atoms with E-state index in [0.717, 1.165) is 11.3 Å². The molecule has 3 rings (SSSR count). The van der Waals surface area contributed by atoms with Gasteiger partial charge in [-0.1, -0.05) is 17.7 Å². The zero-order chi connectivity index (χ0) is 14.4. The Morgan fingerprint density at radius 2 is 1.95 bits per heavy atom. The molecule has 0 saturated heterocycles. The Kier molecular flexibility index (Phi) is 3.01. The van der Waals surface area contributed by atoms with Crippen LogP contribution in [-0.4, -0.2) is 9.55 Å². The highest BCUT2D eigenvalue weighted by Gasteiger charge is 2.14. The van der Waals surface area contributed by atoms with Crippen LogP contribution in [-0.2, 0) is 0 Å². The van der Waals surface area contributed by atoms with Gasteiger partial charge >= 0.3 is 0 Å². The predicted octanol–water partition coefficient (Wildman–Crippen LogP) is 4.13. The molecule has 0 aliphatic heterocycles. The van der Waals surface area contributed by atoms with Crippen LogP contribution >= 0.6 is 15.9 Å². The van der Waals surface area contributed by atoms with E-state index in [-0.39, 0.29) is 5.82 Å². The fraction of sp³-hybridized carbons (Fsp3) is 0.133. The molecule has 0 unspecified atom stereocenters. The lowest BCUT2D eigenvalue weighted by atomic mass is 10.1. The van der Waals surface area contributed by atoms with Crippen molar-refractivity contribution < 1.29 is 4.39 Å². The maximum absolute atomic E-state index is 13.8. The van der Waals surface area contributed by atoms with Crippen molar-refractivity contribution in [2.24, 2.45) is 0 Å². The van der Waals surface area contributed by atoms with E-state index in [1.165, 1.54) is 11.6 Å². The van der Waals surface area contributed by atoms with Crippen molar-refractivity contribution in [3.63, 3.8) is 0 Å². The Bertz CT molecular complexity index is 824. The smallest absolute Gasteiger partial charge is 0.205 e. The summed E-state index contributed by atoms with van der Waals surface area (Å²) in [6, 6.07) is 9.13. The number of aromatic nitrogens is 2. The number of hydrogen-bond acceptors (Lipinski definition) is 2. The monoisotopic (exact) mass is 333 g/mol. The number of fused-ring (bicyclic) bond motifs is 1. The minimum atomic E-state index is -0.330. The Hall–Kier alpha value is -1.88. The zero-order valence-electron chi connectivity index (χ0n) is 11.1. The van der Waals surface area contributed by atoms with Crippen LogP contribution in [0.15, 0.2) is 34.8 Å². The summed E-state index contributed by atoms with van der Waals surface area (Å²) in [5.41, 5.74) is 10.5. The summed E-state index contributed by atoms with van der Waals surface area (Å²) >= 11 is 3.17. The lowest BCUT2D eigenvalue weighted by Crippen LogP contribution is -2.02. The van der Waals surface area contributed by atoms with Gasteiger partial charge in [0.15, 0.2) is 0 Å². The average molecular weight is 334 g/mol. The summed E-state index contributed by atoms with van der Waals surface area (Å²) in [5, 5.41) is 0. The molecule has 0 bridgehead atoms. The van der Waals surface area contributed by atoms with Crippen LogP contribution < -0.4 is 5.73 Å². The number of nitrogen functional groups attached to an aromatic ring is 1. The van der Waals surface area contributed by atoms with Crippen molar-refractivity contribution in [2.75, 3.05) is 5.73 Å². The molecule has 0 spiro atoms. The van der Waals surface area contributed by atoms with Crippen LogP contribution in [0.3, 0.4) is 0 Å². The Morgan fingerprint density at radius 1 is 1.20 bits per heavy atom. The van der Waals surface area contributed by atoms with Crippen LogP contribution in [0, 0.1) is 19.7 Å². The number of anilines is 1. The quantitative estimate of drug-likeness (QED) is 0.727. The van der Waals surface area contributed by atoms with Crippen molar-refractivity contribution in [1.82, 2.24) is 9.55 Å². The van der Waals surface area contributed by atoms with Crippen LogP contribution in [0.1, 0.15) is 11.1 Å². The first kappa shape index (κ1) is 13.1. The standard InChI is InChI=1S/C15H13BrFN3/c1-8-3-4-13(9(2)5-8)20-14-7-11(17)10(16)6-12(14)19-15(20)18/h3-7H,1-2H3,(H2,18,19). The highest BCUT2D eigenvalue weighted by atomic mass is 79.9. The van der Waals surface area contributed by atoms with Crippen molar-refractivity contribution in [3.8, 4) is 5.69 Å². The van der Waals surface area contributed by atoms with Crippen LogP contribution in [0.25, 0.3) is 16.7 Å². The molecule has 0 fully saturated rings. The molecule has 1 aromatic heterocycles. The first-order chi connectivity index (χ1) is 9.47. The Labute approximate surface area is 124 Å². The first-order valence-corrected chi connectivity index (χ1v) is 6.97. The van der Waals surface area contributed by atoms with Gasteiger partial charge in [0.25, 0.3) is 0 Å². The predicted molar refractivity (Wildman–Crippen MR) is 82.6 cm³/mol. The second kappa shape index (κ2) is 4.59. The van der Waals surface area contributed by atoms with E-state index in [1.807, 2.05) is 26.0 Å². The van der Waals surface area contributed by atoms with E-state index in [1.54, 1.807) is 10.6 Å². The van der Waals surface area contributed by atoms with Gasteiger partial charge in [0.05, 0.1) is 21.2 Å². The molecule has 0 aliphatic rings. The lowest BCUT2D eigenvalue weighted by molar-refractivity contribution is 0.622. The summed E-state index contributed by atoms with van der Waals surface area (Å²) in [6.45, 7) is 4.03. The molecule has 0 aliphatic carbocycles. The molecule has 0 amide bonds. The van der Waals surface area contributed by atoms with Gasteiger partial charge in [-0.2, -0.15) is 0 Å². The van der Waals surface area contributed by atoms with Crippen LogP contribution in [0.2, 0.25) is 0 Å². The summed E-state index contributed by atoms with van der Waals surface area (Å²) in [6.07, 6.45) is 0. The fourth-order valence-electron chi connectivity index (χ4n) is 2.40. The number of imidazole rings is 1. The van der Waals surface area contributed by atoms with Gasteiger partial charge < -0.3 is 5.73 Å². The normalized spacial score (nSPS) is 11.2. The minimum absolute atomic E-state index is 0.330. The number of aryl methyl sites for hydroxylation is 2. The van der Waals surface area contributed by atoms with E-state index in [4.69, 9.17) is 5.73 Å². The van der Waals surface area contributed by atoms with Crippen LogP contribution in [0.5, 0.6) is 0 Å². The Balaban J connectivity index is 2.35. The summed E-state index contributed by atoms with van der Waals surface area (Å²) < 4.78 is 16.0. The lowest BCUT2D eigenvalue weighted by Gasteiger charge is -2.11. The SMILES string of the molecule is Cc1ccc(-n2c(N)nc3cc(Br)c(F)cc32)c(C)c1. The fourth-order valence-corrected chi connectivity index (χ4v) is 2.73. The molecule has 3 nitrogen and oxygen atoms in total. The molecule has 2 N–H and O–H groups in total. The second-order valence-corrected chi connectivity index (χ2v) is 5.70. The average Bonchev–Trinajstić information content (AvgIpc) is 2.66. The molecule has 5 heteroatoms. The maximum atomic E-state index is 13.8. The number of halogens is 2. The van der Waals surface area contributed by atoms with E-state index >= 15 is 0 Å². The number of nitrogens with zero attached hydrogens (tertiary/aromatic N) is 2. The molecule has 102 valence electrons. The van der Waals surface area contributed by atoms with Crippen molar-refractivity contribution >= 4 is 32.9 Å². The third kappa shape index (κ3) is 1.98. The van der Waals surface area contributed by atoms with Gasteiger partial charge in [0, 0.05) is 6.07 Å². The number of hydrogen-bond donors (Lipinski definition) is 1. The van der Waals surface area contributed by atoms with Gasteiger partial charge in [-0.15, -0.1) is 0 Å². The van der Waals surface area contributed by atoms with Gasteiger partial charge in [-0.3, -0.25) is 4.57 Å². The molecule has 1 heterocycles. The first-order valence-electron chi connectivity index (χ1n) is 6.18. The van der Waals surface area contributed by atoms with Gasteiger partial charge in [0.2, 0.25) is 5.95 Å². The molecule has 20 heavy (non-hydrogen) atoms. The van der Waals surface area contributed by atoms with Gasteiger partial charge in [0.1, 0.15) is 5.82 Å². The molecule has 0 radical (unpaired) electrons. The maximum Gasteiger partial charge on any atom is 0.205 e. The number of nitrogens with two attached hydrogens (primary N) is 1. The molecular formula is C15H13BrFN3. The van der Waals surface area contributed by atoms with E-state index in [9.17, 15) is 4.39 Å². The minimum Gasteiger partial charge on any atom is -0.369 e. The van der Waals surface area contributed by atoms with Crippen molar-refractivity contribution in [1.29, 1.82) is 0 Å². The Morgan fingerprint density at radius 3 is 2.65 bits per heavy atom. The zero-order valence-corrected chi connectivity index (χ0v) is 12.7. The van der Waals surface area contributed by atoms with Gasteiger partial charge in [-0.25, -0.2) is 9.37 Å². The largest absolute Gasteiger partial charge is 0.369 e. The summed E-state index contributed by atoms with van der Waals surface area (Å²) in [7, 11) is 0. The van der Waals surface area contributed by atoms with Crippen molar-refractivity contribution in [2.45, 2.75) is 13.8 Å².